The Bertz CT molecular complexity index is 4720. The zero-order valence-electron chi connectivity index (χ0n) is 35.5. The first-order valence-corrected chi connectivity index (χ1v) is 23.1. The SMILES string of the molecule is c1ccc2c(c1)ccc1c2c2c3ccccc3cc3c2n1-c1c2c(c4ccccc4c1-n1c4ccccc4c4ccccc41)-n1c4ccc5ccccc5c4c4c5ccccc5cc(c41)B23. The monoisotopic (exact) mass is 831 g/mol. The van der Waals surface area contributed by atoms with Crippen molar-refractivity contribution in [3.63, 3.8) is 0 Å². The van der Waals surface area contributed by atoms with Gasteiger partial charge in [-0.3, -0.25) is 0 Å². The van der Waals surface area contributed by atoms with Crippen LogP contribution in [-0.2, 0) is 0 Å². The summed E-state index contributed by atoms with van der Waals surface area (Å²) in [5.41, 5.74) is 15.4. The predicted molar refractivity (Wildman–Crippen MR) is 282 cm³/mol. The van der Waals surface area contributed by atoms with Crippen LogP contribution in [0.2, 0.25) is 0 Å². The Morgan fingerprint density at radius 2 is 0.636 bits per heavy atom. The minimum Gasteiger partial charge on any atom is -0.310 e. The van der Waals surface area contributed by atoms with E-state index in [2.05, 4.69) is 220 Å². The van der Waals surface area contributed by atoms with E-state index in [9.17, 15) is 0 Å². The van der Waals surface area contributed by atoms with Crippen molar-refractivity contribution in [2.45, 2.75) is 0 Å². The van der Waals surface area contributed by atoms with Crippen LogP contribution in [0.25, 0.3) is 136 Å². The van der Waals surface area contributed by atoms with Gasteiger partial charge in [-0.05, 0) is 83.7 Å². The maximum absolute atomic E-state index is 2.71. The summed E-state index contributed by atoms with van der Waals surface area (Å²) < 4.78 is 8.01. The molecule has 2 aliphatic heterocycles. The van der Waals surface area contributed by atoms with Crippen LogP contribution < -0.4 is 16.4 Å². The fraction of sp³-hybridized carbons (Fsp3) is 0. The number of aromatic nitrogens is 3. The second-order valence-corrected chi connectivity index (χ2v) is 18.7. The molecule has 4 heteroatoms. The molecule has 0 unspecified atom stereocenters. The summed E-state index contributed by atoms with van der Waals surface area (Å²) >= 11 is 0. The standard InChI is InChI=1S/C62H34BN3/c1-5-19-39-35(15-1)29-31-51-53(39)55-41-21-7-3-17-37(41)33-47-60(55)65(51)58-45-25-9-10-26-46(45)59(64-49-27-13-11-23-43(49)44-24-12-14-28-50(44)64)62-57(58)63(47)48-34-38-18-4-8-22-42(38)56-54-40-20-6-2-16-36(40)30-32-52(54)66(62)61(48)56/h1-34H. The predicted octanol–water partition coefficient (Wildman–Crippen LogP) is 13.9. The van der Waals surface area contributed by atoms with Crippen LogP contribution in [0.15, 0.2) is 206 Å². The molecule has 0 radical (unpaired) electrons. The summed E-state index contributed by atoms with van der Waals surface area (Å²) in [4.78, 5) is 0. The van der Waals surface area contributed by atoms with Gasteiger partial charge in [-0.1, -0.05) is 182 Å². The van der Waals surface area contributed by atoms with Gasteiger partial charge >= 0.3 is 0 Å². The van der Waals surface area contributed by atoms with E-state index in [1.54, 1.807) is 0 Å². The van der Waals surface area contributed by atoms with Gasteiger partial charge < -0.3 is 13.7 Å². The minimum atomic E-state index is -0.0724. The molecule has 0 amide bonds. The summed E-state index contributed by atoms with van der Waals surface area (Å²) in [5.74, 6) is 0. The first kappa shape index (κ1) is 33.9. The molecule has 0 saturated carbocycles. The molecule has 66 heavy (non-hydrogen) atoms. The van der Waals surface area contributed by atoms with Crippen molar-refractivity contribution in [2.75, 3.05) is 0 Å². The van der Waals surface area contributed by atoms with E-state index < -0.39 is 0 Å². The van der Waals surface area contributed by atoms with Crippen LogP contribution in [0.1, 0.15) is 0 Å². The number of fused-ring (bicyclic) bond motifs is 23. The molecule has 0 saturated heterocycles. The lowest BCUT2D eigenvalue weighted by Gasteiger charge is -2.37. The van der Waals surface area contributed by atoms with Gasteiger partial charge in [0.2, 0.25) is 0 Å². The van der Waals surface area contributed by atoms with Crippen molar-refractivity contribution in [2.24, 2.45) is 0 Å². The van der Waals surface area contributed by atoms with Crippen molar-refractivity contribution < 1.29 is 0 Å². The molecule has 0 fully saturated rings. The third-order valence-corrected chi connectivity index (χ3v) is 15.7. The van der Waals surface area contributed by atoms with Gasteiger partial charge in [0.15, 0.2) is 0 Å². The van der Waals surface area contributed by atoms with E-state index in [0.29, 0.717) is 0 Å². The topological polar surface area (TPSA) is 14.8 Å². The molecular formula is C62H34BN3. The molecule has 0 N–H and O–H groups in total. The fourth-order valence-electron chi connectivity index (χ4n) is 13.3. The molecule has 3 aromatic heterocycles. The lowest BCUT2D eigenvalue weighted by molar-refractivity contribution is 1.10. The number of hydrogen-bond acceptors (Lipinski definition) is 0. The highest BCUT2D eigenvalue weighted by Gasteiger charge is 2.44. The number of hydrogen-bond donors (Lipinski definition) is 0. The van der Waals surface area contributed by atoms with Crippen LogP contribution in [0.4, 0.5) is 0 Å². The van der Waals surface area contributed by atoms with Crippen molar-refractivity contribution in [3.8, 4) is 17.1 Å². The fourth-order valence-corrected chi connectivity index (χ4v) is 13.3. The van der Waals surface area contributed by atoms with E-state index in [-0.39, 0.29) is 6.71 Å². The Kier molecular flexibility index (Phi) is 6.03. The summed E-state index contributed by atoms with van der Waals surface area (Å²) in [6.07, 6.45) is 0. The van der Waals surface area contributed by atoms with Crippen LogP contribution in [0.5, 0.6) is 0 Å². The Morgan fingerprint density at radius 1 is 0.258 bits per heavy atom. The Balaban J connectivity index is 1.22. The molecule has 17 rings (SSSR count). The van der Waals surface area contributed by atoms with Crippen LogP contribution in [-0.4, -0.2) is 20.4 Å². The smallest absolute Gasteiger partial charge is 0.252 e. The van der Waals surface area contributed by atoms with Crippen molar-refractivity contribution >= 4 is 142 Å². The second kappa shape index (κ2) is 11.7. The molecule has 15 aromatic rings. The van der Waals surface area contributed by atoms with Crippen molar-refractivity contribution in [1.82, 2.24) is 13.7 Å². The van der Waals surface area contributed by atoms with Gasteiger partial charge in [0, 0.05) is 43.1 Å². The lowest BCUT2D eigenvalue weighted by atomic mass is 9.34. The Labute approximate surface area is 377 Å². The normalized spacial score (nSPS) is 13.1. The molecule has 0 bridgehead atoms. The molecule has 5 heterocycles. The maximum Gasteiger partial charge on any atom is 0.252 e. The molecule has 0 atom stereocenters. The highest BCUT2D eigenvalue weighted by Crippen LogP contribution is 2.49. The van der Waals surface area contributed by atoms with Gasteiger partial charge in [0.1, 0.15) is 0 Å². The highest BCUT2D eigenvalue weighted by atomic mass is 15.1. The minimum absolute atomic E-state index is 0.0724. The summed E-state index contributed by atoms with van der Waals surface area (Å²) in [7, 11) is 0. The molecule has 2 aliphatic rings. The number of benzene rings is 12. The molecule has 3 nitrogen and oxygen atoms in total. The highest BCUT2D eigenvalue weighted by molar-refractivity contribution is 7.01. The first-order valence-electron chi connectivity index (χ1n) is 23.1. The average molecular weight is 832 g/mol. The zero-order chi connectivity index (χ0) is 42.5. The maximum atomic E-state index is 2.71. The second-order valence-electron chi connectivity index (χ2n) is 18.7. The number of nitrogens with zero attached hydrogens (tertiary/aromatic N) is 3. The molecule has 300 valence electrons. The zero-order valence-corrected chi connectivity index (χ0v) is 35.5. The van der Waals surface area contributed by atoms with Crippen molar-refractivity contribution in [3.05, 3.63) is 206 Å². The van der Waals surface area contributed by atoms with Crippen LogP contribution >= 0.6 is 0 Å². The molecular weight excluding hydrogens is 798 g/mol. The van der Waals surface area contributed by atoms with E-state index in [0.717, 1.165) is 0 Å². The van der Waals surface area contributed by atoms with Gasteiger partial charge in [0.25, 0.3) is 6.71 Å². The largest absolute Gasteiger partial charge is 0.310 e. The van der Waals surface area contributed by atoms with Crippen molar-refractivity contribution in [1.29, 1.82) is 0 Å². The van der Waals surface area contributed by atoms with Crippen LogP contribution in [0.3, 0.4) is 0 Å². The van der Waals surface area contributed by atoms with Gasteiger partial charge in [-0.15, -0.1) is 0 Å². The summed E-state index contributed by atoms with van der Waals surface area (Å²) in [6, 6.07) is 78.2. The lowest BCUT2D eigenvalue weighted by Crippen LogP contribution is -2.59. The van der Waals surface area contributed by atoms with Gasteiger partial charge in [0.05, 0.1) is 50.2 Å². The Hall–Kier alpha value is -8.60. The summed E-state index contributed by atoms with van der Waals surface area (Å²) in [6.45, 7) is -0.0724. The number of para-hydroxylation sites is 2. The molecule has 12 aromatic carbocycles. The van der Waals surface area contributed by atoms with Gasteiger partial charge in [-0.25, -0.2) is 0 Å². The Morgan fingerprint density at radius 3 is 1.14 bits per heavy atom. The van der Waals surface area contributed by atoms with E-state index in [4.69, 9.17) is 0 Å². The molecule has 0 aliphatic carbocycles. The van der Waals surface area contributed by atoms with Gasteiger partial charge in [-0.2, -0.15) is 0 Å². The average Bonchev–Trinajstić information content (AvgIpc) is 4.03. The number of rotatable bonds is 1. The van der Waals surface area contributed by atoms with E-state index in [1.807, 2.05) is 0 Å². The van der Waals surface area contributed by atoms with E-state index >= 15 is 0 Å². The molecule has 0 spiro atoms. The third-order valence-electron chi connectivity index (χ3n) is 15.7. The first-order chi connectivity index (χ1) is 32.8. The third kappa shape index (κ3) is 3.85. The quantitative estimate of drug-likeness (QED) is 0.146. The van der Waals surface area contributed by atoms with Crippen LogP contribution in [0, 0.1) is 0 Å². The summed E-state index contributed by atoms with van der Waals surface area (Å²) in [5, 5.41) is 20.5. The van der Waals surface area contributed by atoms with E-state index in [1.165, 1.54) is 153 Å².